The number of carbonyl (C=O) groups excluding carboxylic acids is 1. The first-order valence-electron chi connectivity index (χ1n) is 5.76. The fraction of sp³-hybridized carbons (Fsp3) is 0.308. The number of aromatic nitrogens is 1. The van der Waals surface area contributed by atoms with E-state index >= 15 is 0 Å². The molecule has 4 nitrogen and oxygen atoms in total. The van der Waals surface area contributed by atoms with Crippen molar-refractivity contribution < 1.29 is 9.53 Å². The van der Waals surface area contributed by atoms with Crippen molar-refractivity contribution in [2.45, 2.75) is 6.42 Å². The van der Waals surface area contributed by atoms with E-state index in [2.05, 4.69) is 26.2 Å². The van der Waals surface area contributed by atoms with Crippen LogP contribution in [-0.2, 0) is 4.74 Å². The van der Waals surface area contributed by atoms with E-state index in [0.717, 1.165) is 21.8 Å². The van der Waals surface area contributed by atoms with Crippen LogP contribution < -0.4 is 5.32 Å². The van der Waals surface area contributed by atoms with Crippen LogP contribution in [0.4, 0.5) is 0 Å². The Labute approximate surface area is 114 Å². The maximum atomic E-state index is 11.9. The van der Waals surface area contributed by atoms with Crippen LogP contribution in [-0.4, -0.2) is 31.2 Å². The molecular formula is C13H15BrN2O2. The van der Waals surface area contributed by atoms with Crippen LogP contribution in [0.15, 0.2) is 28.7 Å². The number of amides is 1. The molecule has 0 aliphatic rings. The Morgan fingerprint density at radius 2 is 2.28 bits per heavy atom. The summed E-state index contributed by atoms with van der Waals surface area (Å²) in [4.78, 5) is 15.0. The normalized spacial score (nSPS) is 10.8. The molecule has 1 heterocycles. The lowest BCUT2D eigenvalue weighted by atomic mass is 10.2. The van der Waals surface area contributed by atoms with E-state index in [1.807, 2.05) is 24.3 Å². The SMILES string of the molecule is COCCCNC(=O)c1cc2ccc(Br)cc2[nH]1. The van der Waals surface area contributed by atoms with Crippen LogP contribution >= 0.6 is 15.9 Å². The Kier molecular flexibility index (Phi) is 4.38. The van der Waals surface area contributed by atoms with Gasteiger partial charge in [0.2, 0.25) is 0 Å². The molecule has 0 radical (unpaired) electrons. The zero-order valence-electron chi connectivity index (χ0n) is 10.1. The molecular weight excluding hydrogens is 296 g/mol. The Morgan fingerprint density at radius 3 is 3.06 bits per heavy atom. The first kappa shape index (κ1) is 13.1. The summed E-state index contributed by atoms with van der Waals surface area (Å²) in [6.45, 7) is 1.27. The summed E-state index contributed by atoms with van der Waals surface area (Å²) >= 11 is 3.40. The number of nitrogens with one attached hydrogen (secondary N) is 2. The standard InChI is InChI=1S/C13H15BrN2O2/c1-18-6-2-5-15-13(17)12-7-9-3-4-10(14)8-11(9)16-12/h3-4,7-8,16H,2,5-6H2,1H3,(H,15,17). The number of rotatable bonds is 5. The van der Waals surface area contributed by atoms with Gasteiger partial charge in [-0.2, -0.15) is 0 Å². The fourth-order valence-electron chi connectivity index (χ4n) is 1.74. The summed E-state index contributed by atoms with van der Waals surface area (Å²) in [6.07, 6.45) is 0.814. The largest absolute Gasteiger partial charge is 0.385 e. The molecule has 0 spiro atoms. The van der Waals surface area contributed by atoms with Crippen LogP contribution in [0.3, 0.4) is 0 Å². The molecule has 0 unspecified atom stereocenters. The molecule has 0 aliphatic carbocycles. The number of benzene rings is 1. The third-order valence-electron chi connectivity index (χ3n) is 2.64. The van der Waals surface area contributed by atoms with E-state index in [1.54, 1.807) is 7.11 Å². The van der Waals surface area contributed by atoms with Crippen molar-refractivity contribution in [1.82, 2.24) is 10.3 Å². The van der Waals surface area contributed by atoms with Crippen LogP contribution in [0, 0.1) is 0 Å². The molecule has 0 atom stereocenters. The van der Waals surface area contributed by atoms with Gasteiger partial charge in [0.25, 0.3) is 5.91 Å². The topological polar surface area (TPSA) is 54.1 Å². The minimum absolute atomic E-state index is 0.0848. The smallest absolute Gasteiger partial charge is 0.267 e. The summed E-state index contributed by atoms with van der Waals surface area (Å²) in [5.74, 6) is -0.0848. The zero-order chi connectivity index (χ0) is 13.0. The Hall–Kier alpha value is -1.33. The number of hydrogen-bond donors (Lipinski definition) is 2. The first-order valence-corrected chi connectivity index (χ1v) is 6.55. The van der Waals surface area contributed by atoms with Crippen molar-refractivity contribution in [1.29, 1.82) is 0 Å². The van der Waals surface area contributed by atoms with Crippen molar-refractivity contribution in [3.05, 3.63) is 34.4 Å². The summed E-state index contributed by atoms with van der Waals surface area (Å²) in [5.41, 5.74) is 1.53. The number of fused-ring (bicyclic) bond motifs is 1. The van der Waals surface area contributed by atoms with Gasteiger partial charge in [0.15, 0.2) is 0 Å². The van der Waals surface area contributed by atoms with E-state index in [1.165, 1.54) is 0 Å². The van der Waals surface area contributed by atoms with Gasteiger partial charge in [0.1, 0.15) is 5.69 Å². The lowest BCUT2D eigenvalue weighted by molar-refractivity contribution is 0.0944. The quantitative estimate of drug-likeness (QED) is 0.834. The van der Waals surface area contributed by atoms with E-state index in [-0.39, 0.29) is 5.91 Å². The minimum Gasteiger partial charge on any atom is -0.385 e. The molecule has 2 N–H and O–H groups in total. The Morgan fingerprint density at radius 1 is 1.44 bits per heavy atom. The third-order valence-corrected chi connectivity index (χ3v) is 3.13. The molecule has 5 heteroatoms. The van der Waals surface area contributed by atoms with Crippen LogP contribution in [0.5, 0.6) is 0 Å². The van der Waals surface area contributed by atoms with Gasteiger partial charge in [-0.1, -0.05) is 22.0 Å². The highest BCUT2D eigenvalue weighted by Crippen LogP contribution is 2.20. The summed E-state index contributed by atoms with van der Waals surface area (Å²) in [6, 6.07) is 7.73. The lowest BCUT2D eigenvalue weighted by Crippen LogP contribution is -2.25. The number of halogens is 1. The van der Waals surface area contributed by atoms with Crippen LogP contribution in [0.1, 0.15) is 16.9 Å². The molecule has 0 fully saturated rings. The van der Waals surface area contributed by atoms with Crippen LogP contribution in [0.2, 0.25) is 0 Å². The number of methoxy groups -OCH3 is 1. The molecule has 0 saturated heterocycles. The molecule has 2 rings (SSSR count). The van der Waals surface area contributed by atoms with Gasteiger partial charge < -0.3 is 15.0 Å². The minimum atomic E-state index is -0.0848. The highest BCUT2D eigenvalue weighted by atomic mass is 79.9. The Bertz CT molecular complexity index is 551. The van der Waals surface area contributed by atoms with E-state index in [9.17, 15) is 4.79 Å². The fourth-order valence-corrected chi connectivity index (χ4v) is 2.10. The monoisotopic (exact) mass is 310 g/mol. The van der Waals surface area contributed by atoms with E-state index in [4.69, 9.17) is 4.74 Å². The number of hydrogen-bond acceptors (Lipinski definition) is 2. The molecule has 1 aromatic heterocycles. The van der Waals surface area contributed by atoms with E-state index in [0.29, 0.717) is 18.8 Å². The Balaban J connectivity index is 2.04. The average Bonchev–Trinajstić information content (AvgIpc) is 2.77. The number of carbonyl (C=O) groups is 1. The molecule has 0 bridgehead atoms. The summed E-state index contributed by atoms with van der Waals surface area (Å²) < 4.78 is 5.92. The average molecular weight is 311 g/mol. The second kappa shape index (κ2) is 6.02. The number of aromatic amines is 1. The highest BCUT2D eigenvalue weighted by Gasteiger charge is 2.08. The van der Waals surface area contributed by atoms with E-state index < -0.39 is 0 Å². The van der Waals surface area contributed by atoms with Gasteiger partial charge in [-0.05, 0) is 24.6 Å². The van der Waals surface area contributed by atoms with Gasteiger partial charge >= 0.3 is 0 Å². The molecule has 18 heavy (non-hydrogen) atoms. The van der Waals surface area contributed by atoms with Gasteiger partial charge in [0, 0.05) is 35.6 Å². The molecule has 2 aromatic rings. The summed E-state index contributed by atoms with van der Waals surface area (Å²) in [5, 5.41) is 3.88. The highest BCUT2D eigenvalue weighted by molar-refractivity contribution is 9.10. The van der Waals surface area contributed by atoms with Crippen molar-refractivity contribution >= 4 is 32.7 Å². The maximum absolute atomic E-state index is 11.9. The van der Waals surface area contributed by atoms with Gasteiger partial charge in [-0.15, -0.1) is 0 Å². The maximum Gasteiger partial charge on any atom is 0.267 e. The van der Waals surface area contributed by atoms with Crippen LogP contribution in [0.25, 0.3) is 10.9 Å². The molecule has 1 aromatic carbocycles. The summed E-state index contributed by atoms with van der Waals surface area (Å²) in [7, 11) is 1.65. The molecule has 0 saturated carbocycles. The second-order valence-corrected chi connectivity index (χ2v) is 4.93. The number of ether oxygens (including phenoxy) is 1. The lowest BCUT2D eigenvalue weighted by Gasteiger charge is -2.02. The third kappa shape index (κ3) is 3.11. The number of H-pyrrole nitrogens is 1. The predicted molar refractivity (Wildman–Crippen MR) is 74.8 cm³/mol. The van der Waals surface area contributed by atoms with Crippen molar-refractivity contribution in [3.63, 3.8) is 0 Å². The second-order valence-electron chi connectivity index (χ2n) is 4.02. The van der Waals surface area contributed by atoms with Crippen molar-refractivity contribution in [2.75, 3.05) is 20.3 Å². The first-order chi connectivity index (χ1) is 8.70. The molecule has 1 amide bonds. The molecule has 0 aliphatic heterocycles. The zero-order valence-corrected chi connectivity index (χ0v) is 11.7. The van der Waals surface area contributed by atoms with Gasteiger partial charge in [-0.25, -0.2) is 0 Å². The molecule has 96 valence electrons. The van der Waals surface area contributed by atoms with Crippen molar-refractivity contribution in [3.8, 4) is 0 Å². The van der Waals surface area contributed by atoms with Gasteiger partial charge in [0.05, 0.1) is 0 Å². The predicted octanol–water partition coefficient (Wildman–Crippen LogP) is 2.70. The van der Waals surface area contributed by atoms with Gasteiger partial charge in [-0.3, -0.25) is 4.79 Å². The van der Waals surface area contributed by atoms with Crippen molar-refractivity contribution in [2.24, 2.45) is 0 Å².